The predicted molar refractivity (Wildman–Crippen MR) is 181 cm³/mol. The fourth-order valence-corrected chi connectivity index (χ4v) is 6.07. The zero-order chi connectivity index (χ0) is 30.3. The molecule has 0 radical (unpaired) electrons. The SMILES string of the molecule is C#CC(SC(=C)c1nc2cc(Br)ccc2n1C(=O)C(CC)C/C=C(\C)C(C)=O)C(CCC)=Nc1ccc(Br)cc1C. The van der Waals surface area contributed by atoms with E-state index >= 15 is 0 Å². The average Bonchev–Trinajstić information content (AvgIpc) is 3.31. The number of hydrogen-bond donors (Lipinski definition) is 0. The van der Waals surface area contributed by atoms with E-state index in [4.69, 9.17) is 16.4 Å². The van der Waals surface area contributed by atoms with Crippen molar-refractivity contribution in [3.05, 3.63) is 75.0 Å². The first kappa shape index (κ1) is 32.8. The Morgan fingerprint density at radius 1 is 1.17 bits per heavy atom. The van der Waals surface area contributed by atoms with Gasteiger partial charge >= 0.3 is 0 Å². The lowest BCUT2D eigenvalue weighted by atomic mass is 9.99. The van der Waals surface area contributed by atoms with Crippen molar-refractivity contribution in [3.8, 4) is 12.3 Å². The number of carbonyl (C=O) groups excluding carboxylic acids is 2. The Bertz CT molecular complexity index is 1580. The van der Waals surface area contributed by atoms with E-state index in [0.29, 0.717) is 40.2 Å². The summed E-state index contributed by atoms with van der Waals surface area (Å²) in [6, 6.07) is 11.6. The number of rotatable bonds is 12. The molecule has 0 spiro atoms. The number of imidazole rings is 1. The molecule has 2 atom stereocenters. The number of Topliss-reactive ketones (excluding diaryl/α,β-unsaturated/α-hetero) is 1. The summed E-state index contributed by atoms with van der Waals surface area (Å²) in [6.45, 7) is 13.7. The number of hydrogen-bond acceptors (Lipinski definition) is 5. The highest BCUT2D eigenvalue weighted by Crippen LogP contribution is 2.35. The van der Waals surface area contributed by atoms with Crippen LogP contribution in [0.5, 0.6) is 0 Å². The molecule has 0 bridgehead atoms. The fourth-order valence-electron chi connectivity index (χ4n) is 4.34. The second-order valence-corrected chi connectivity index (χ2v) is 12.9. The molecule has 0 aliphatic heterocycles. The summed E-state index contributed by atoms with van der Waals surface area (Å²) < 4.78 is 3.52. The van der Waals surface area contributed by atoms with Crippen LogP contribution in [0.25, 0.3) is 15.9 Å². The Morgan fingerprint density at radius 3 is 2.46 bits per heavy atom. The highest BCUT2D eigenvalue weighted by atomic mass is 79.9. The van der Waals surface area contributed by atoms with E-state index in [-0.39, 0.29) is 22.9 Å². The average molecular weight is 698 g/mol. The Labute approximate surface area is 264 Å². The van der Waals surface area contributed by atoms with Crippen molar-refractivity contribution in [1.82, 2.24) is 9.55 Å². The number of aryl methyl sites for hydroxylation is 1. The first-order valence-electron chi connectivity index (χ1n) is 13.6. The lowest BCUT2D eigenvalue weighted by Gasteiger charge is -2.18. The highest BCUT2D eigenvalue weighted by molar-refractivity contribution is 9.10. The summed E-state index contributed by atoms with van der Waals surface area (Å²) in [4.78, 5) is 36.2. The standard InChI is InChI=1S/C33H35Br2N3O2S/c1-8-11-28(36-27-16-14-25(34)18-21(27)5)31(10-3)41-23(7)32-37-29-19-26(35)15-17-30(29)38(32)33(40)24(9-2)13-12-20(4)22(6)39/h3,12,14-19,24,31H,7-9,11,13H2,1-2,4-6H3/b20-12+,36-28?. The number of carbonyl (C=O) groups is 2. The van der Waals surface area contributed by atoms with Crippen molar-refractivity contribution >= 4 is 82.6 Å². The zero-order valence-corrected chi connectivity index (χ0v) is 28.1. The minimum absolute atomic E-state index is 0.00101. The highest BCUT2D eigenvalue weighted by Gasteiger charge is 2.27. The number of allylic oxidation sites excluding steroid dienone is 2. The number of benzene rings is 2. The smallest absolute Gasteiger partial charge is 0.236 e. The molecule has 1 heterocycles. The Balaban J connectivity index is 2.04. The summed E-state index contributed by atoms with van der Waals surface area (Å²) in [7, 11) is 0. The van der Waals surface area contributed by atoms with Gasteiger partial charge in [-0.2, -0.15) is 0 Å². The number of thioether (sulfide) groups is 1. The number of terminal acetylenes is 1. The quantitative estimate of drug-likeness (QED) is 0.107. The van der Waals surface area contributed by atoms with Crippen molar-refractivity contribution in [2.75, 3.05) is 0 Å². The molecular formula is C33H35Br2N3O2S. The molecule has 0 aliphatic carbocycles. The molecule has 8 heteroatoms. The van der Waals surface area contributed by atoms with Gasteiger partial charge in [-0.25, -0.2) is 4.98 Å². The largest absolute Gasteiger partial charge is 0.295 e. The molecule has 2 unspecified atom stereocenters. The molecule has 0 fully saturated rings. The van der Waals surface area contributed by atoms with Crippen LogP contribution in [-0.4, -0.2) is 32.2 Å². The van der Waals surface area contributed by atoms with Crippen LogP contribution < -0.4 is 0 Å². The van der Waals surface area contributed by atoms with Gasteiger partial charge in [0.2, 0.25) is 5.91 Å². The molecule has 3 aromatic rings. The van der Waals surface area contributed by atoms with Crippen LogP contribution in [0.2, 0.25) is 0 Å². The maximum absolute atomic E-state index is 14.0. The Kier molecular flexibility index (Phi) is 12.0. The van der Waals surface area contributed by atoms with Gasteiger partial charge in [-0.1, -0.05) is 70.7 Å². The van der Waals surface area contributed by atoms with E-state index in [9.17, 15) is 9.59 Å². The van der Waals surface area contributed by atoms with E-state index in [0.717, 1.165) is 38.7 Å². The van der Waals surface area contributed by atoms with Crippen molar-refractivity contribution in [2.24, 2.45) is 10.9 Å². The van der Waals surface area contributed by atoms with Crippen molar-refractivity contribution in [1.29, 1.82) is 0 Å². The second-order valence-electron chi connectivity index (χ2n) is 9.90. The number of aromatic nitrogens is 2. The van der Waals surface area contributed by atoms with E-state index in [1.807, 2.05) is 56.3 Å². The lowest BCUT2D eigenvalue weighted by molar-refractivity contribution is -0.113. The maximum Gasteiger partial charge on any atom is 0.236 e. The number of aliphatic imine (C=N–C) groups is 1. The molecule has 214 valence electrons. The van der Waals surface area contributed by atoms with Gasteiger partial charge in [0.1, 0.15) is 5.25 Å². The summed E-state index contributed by atoms with van der Waals surface area (Å²) in [5.74, 6) is 2.95. The predicted octanol–water partition coefficient (Wildman–Crippen LogP) is 9.74. The van der Waals surface area contributed by atoms with Crippen LogP contribution in [-0.2, 0) is 4.79 Å². The van der Waals surface area contributed by atoms with Gasteiger partial charge in [0.05, 0.1) is 16.7 Å². The van der Waals surface area contributed by atoms with Crippen LogP contribution in [0.3, 0.4) is 0 Å². The topological polar surface area (TPSA) is 64.3 Å². The normalized spacial score (nSPS) is 13.6. The first-order valence-corrected chi connectivity index (χ1v) is 16.0. The third-order valence-electron chi connectivity index (χ3n) is 6.84. The number of nitrogens with zero attached hydrogens (tertiary/aromatic N) is 3. The van der Waals surface area contributed by atoms with Gasteiger partial charge in [0.15, 0.2) is 11.6 Å². The molecule has 3 rings (SSSR count). The van der Waals surface area contributed by atoms with Crippen molar-refractivity contribution < 1.29 is 9.59 Å². The van der Waals surface area contributed by atoms with Crippen LogP contribution >= 0.6 is 43.6 Å². The van der Waals surface area contributed by atoms with Crippen LogP contribution in [0.1, 0.15) is 69.6 Å². The lowest BCUT2D eigenvalue weighted by Crippen LogP contribution is -2.23. The molecule has 0 N–H and O–H groups in total. The Morgan fingerprint density at radius 2 is 1.85 bits per heavy atom. The molecule has 0 amide bonds. The van der Waals surface area contributed by atoms with Crippen LogP contribution in [0.15, 0.2) is 68.6 Å². The molecule has 0 aliphatic rings. The summed E-state index contributed by atoms with van der Waals surface area (Å²) in [5, 5.41) is -0.385. The molecule has 41 heavy (non-hydrogen) atoms. The van der Waals surface area contributed by atoms with Gasteiger partial charge in [-0.3, -0.25) is 19.1 Å². The van der Waals surface area contributed by atoms with Crippen molar-refractivity contribution in [3.63, 3.8) is 0 Å². The first-order chi connectivity index (χ1) is 19.5. The van der Waals surface area contributed by atoms with E-state index in [1.54, 1.807) is 11.5 Å². The third-order valence-corrected chi connectivity index (χ3v) is 8.93. The zero-order valence-electron chi connectivity index (χ0n) is 24.1. The number of fused-ring (bicyclic) bond motifs is 1. The second kappa shape index (κ2) is 14.9. The molecule has 1 aromatic heterocycles. The molecule has 0 saturated carbocycles. The van der Waals surface area contributed by atoms with E-state index in [2.05, 4.69) is 51.3 Å². The molecule has 5 nitrogen and oxygen atoms in total. The van der Waals surface area contributed by atoms with E-state index < -0.39 is 0 Å². The van der Waals surface area contributed by atoms with Crippen LogP contribution in [0, 0.1) is 25.2 Å². The Hall–Kier alpha value is -2.73. The molecule has 0 saturated heterocycles. The number of ketones is 1. The third kappa shape index (κ3) is 8.18. The molecular weight excluding hydrogens is 662 g/mol. The van der Waals surface area contributed by atoms with Gasteiger partial charge in [0, 0.05) is 25.5 Å². The van der Waals surface area contributed by atoms with Gasteiger partial charge < -0.3 is 0 Å². The van der Waals surface area contributed by atoms with Gasteiger partial charge in [-0.15, -0.1) is 18.2 Å². The fraction of sp³-hybridized carbons (Fsp3) is 0.333. The minimum Gasteiger partial charge on any atom is -0.295 e. The van der Waals surface area contributed by atoms with Gasteiger partial charge in [0.25, 0.3) is 0 Å². The maximum atomic E-state index is 14.0. The number of halogens is 2. The molecule has 2 aromatic carbocycles. The summed E-state index contributed by atoms with van der Waals surface area (Å²) >= 11 is 8.43. The summed E-state index contributed by atoms with van der Waals surface area (Å²) in [6.07, 6.45) is 10.6. The van der Waals surface area contributed by atoms with Crippen LogP contribution in [0.4, 0.5) is 5.69 Å². The van der Waals surface area contributed by atoms with Gasteiger partial charge in [-0.05, 0) is 87.6 Å². The monoisotopic (exact) mass is 695 g/mol. The van der Waals surface area contributed by atoms with Crippen molar-refractivity contribution in [2.45, 2.75) is 65.6 Å². The van der Waals surface area contributed by atoms with E-state index in [1.165, 1.54) is 18.7 Å². The minimum atomic E-state index is -0.385. The summed E-state index contributed by atoms with van der Waals surface area (Å²) in [5.41, 5.74) is 4.82.